The maximum atomic E-state index is 11.0. The molecule has 0 saturated carbocycles. The maximum absolute atomic E-state index is 11.0. The lowest BCUT2D eigenvalue weighted by atomic mass is 10.1. The van der Waals surface area contributed by atoms with Crippen LogP contribution in [0.3, 0.4) is 0 Å². The summed E-state index contributed by atoms with van der Waals surface area (Å²) in [5.41, 5.74) is 1.92. The fourth-order valence-electron chi connectivity index (χ4n) is 1.66. The lowest BCUT2D eigenvalue weighted by Crippen LogP contribution is -2.07. The second-order valence-corrected chi connectivity index (χ2v) is 5.36. The Labute approximate surface area is 148 Å². The van der Waals surface area contributed by atoms with E-state index < -0.39 is 5.97 Å². The summed E-state index contributed by atoms with van der Waals surface area (Å²) in [6, 6.07) is 18.7. The third kappa shape index (κ3) is 8.32. The van der Waals surface area contributed by atoms with Crippen molar-refractivity contribution < 1.29 is 19.4 Å². The molecule has 0 radical (unpaired) electrons. The third-order valence-corrected chi connectivity index (χ3v) is 3.13. The van der Waals surface area contributed by atoms with Gasteiger partial charge in [-0.3, -0.25) is 0 Å². The van der Waals surface area contributed by atoms with Crippen molar-refractivity contribution in [3.63, 3.8) is 0 Å². The zero-order chi connectivity index (χ0) is 18.7. The van der Waals surface area contributed by atoms with Gasteiger partial charge in [0.05, 0.1) is 0 Å². The Hall–Kier alpha value is -3.14. The number of hydrogen-bond donors (Lipinski definition) is 1. The highest BCUT2D eigenvalue weighted by atomic mass is 16.5. The monoisotopic (exact) mass is 338 g/mol. The highest BCUT2D eigenvalue weighted by Crippen LogP contribution is 2.09. The summed E-state index contributed by atoms with van der Waals surface area (Å²) in [5, 5.41) is 8.59. The topological polar surface area (TPSA) is 63.6 Å². The Balaban J connectivity index is 0.000000251. The SMILES string of the molecule is C=C(C)C(=O)Oc1ccccc1.CC(=CCc1ccccc1)C(=O)O. The molecule has 0 amide bonds. The van der Waals surface area contributed by atoms with E-state index in [4.69, 9.17) is 9.84 Å². The fourth-order valence-corrected chi connectivity index (χ4v) is 1.66. The number of para-hydroxylation sites is 1. The minimum atomic E-state index is -0.851. The van der Waals surface area contributed by atoms with Crippen molar-refractivity contribution in [1.29, 1.82) is 0 Å². The number of carboxylic acid groups (broad SMARTS) is 1. The van der Waals surface area contributed by atoms with Crippen LogP contribution in [0.2, 0.25) is 0 Å². The lowest BCUT2D eigenvalue weighted by molar-refractivity contribution is -0.132. The van der Waals surface area contributed by atoms with Gasteiger partial charge >= 0.3 is 11.9 Å². The number of carbonyl (C=O) groups is 2. The van der Waals surface area contributed by atoms with Crippen molar-refractivity contribution in [2.75, 3.05) is 0 Å². The minimum Gasteiger partial charge on any atom is -0.478 e. The van der Waals surface area contributed by atoms with Crippen molar-refractivity contribution in [1.82, 2.24) is 0 Å². The van der Waals surface area contributed by atoms with Gasteiger partial charge in [-0.05, 0) is 38.0 Å². The predicted octanol–water partition coefficient (Wildman–Crippen LogP) is 4.43. The minimum absolute atomic E-state index is 0.388. The molecular formula is C21H22O4. The Bertz CT molecular complexity index is 731. The molecule has 2 aromatic rings. The molecule has 0 aliphatic rings. The van der Waals surface area contributed by atoms with Crippen molar-refractivity contribution in [3.8, 4) is 5.75 Å². The van der Waals surface area contributed by atoms with E-state index in [0.29, 0.717) is 23.3 Å². The largest absolute Gasteiger partial charge is 0.478 e. The fraction of sp³-hybridized carbons (Fsp3) is 0.143. The number of carbonyl (C=O) groups excluding carboxylic acids is 1. The zero-order valence-corrected chi connectivity index (χ0v) is 14.4. The molecule has 0 heterocycles. The molecule has 0 aliphatic heterocycles. The highest BCUT2D eigenvalue weighted by molar-refractivity contribution is 5.88. The molecule has 0 unspecified atom stereocenters. The van der Waals surface area contributed by atoms with Crippen LogP contribution in [0.25, 0.3) is 0 Å². The van der Waals surface area contributed by atoms with Gasteiger partial charge in [-0.25, -0.2) is 9.59 Å². The molecular weight excluding hydrogens is 316 g/mol. The smallest absolute Gasteiger partial charge is 0.338 e. The van der Waals surface area contributed by atoms with Crippen molar-refractivity contribution in [2.24, 2.45) is 0 Å². The molecule has 0 aromatic heterocycles. The van der Waals surface area contributed by atoms with Crippen LogP contribution in [0.1, 0.15) is 19.4 Å². The Morgan fingerprint density at radius 2 is 1.52 bits per heavy atom. The summed E-state index contributed by atoms with van der Waals surface area (Å²) in [5.74, 6) is -0.692. The molecule has 0 saturated heterocycles. The quantitative estimate of drug-likeness (QED) is 0.498. The van der Waals surface area contributed by atoms with E-state index in [1.807, 2.05) is 36.4 Å². The summed E-state index contributed by atoms with van der Waals surface area (Å²) in [6.07, 6.45) is 2.40. The molecule has 0 atom stereocenters. The summed E-state index contributed by atoms with van der Waals surface area (Å²) >= 11 is 0. The third-order valence-electron chi connectivity index (χ3n) is 3.13. The van der Waals surface area contributed by atoms with Crippen LogP contribution >= 0.6 is 0 Å². The molecule has 1 N–H and O–H groups in total. The van der Waals surface area contributed by atoms with Gasteiger partial charge in [0, 0.05) is 11.1 Å². The number of esters is 1. The van der Waals surface area contributed by atoms with E-state index in [1.54, 1.807) is 44.2 Å². The summed E-state index contributed by atoms with van der Waals surface area (Å²) in [4.78, 5) is 21.4. The number of aliphatic carboxylic acids is 1. The number of benzene rings is 2. The second-order valence-electron chi connectivity index (χ2n) is 5.36. The van der Waals surface area contributed by atoms with E-state index in [0.717, 1.165) is 5.56 Å². The van der Waals surface area contributed by atoms with Gasteiger partial charge in [0.25, 0.3) is 0 Å². The van der Waals surface area contributed by atoms with Crippen LogP contribution in [0.4, 0.5) is 0 Å². The molecule has 0 bridgehead atoms. The van der Waals surface area contributed by atoms with E-state index in [9.17, 15) is 9.59 Å². The van der Waals surface area contributed by atoms with Crippen LogP contribution < -0.4 is 4.74 Å². The van der Waals surface area contributed by atoms with Gasteiger partial charge in [0.2, 0.25) is 0 Å². The predicted molar refractivity (Wildman–Crippen MR) is 98.4 cm³/mol. The van der Waals surface area contributed by atoms with Crippen LogP contribution in [0, 0.1) is 0 Å². The molecule has 0 spiro atoms. The van der Waals surface area contributed by atoms with Gasteiger partial charge in [-0.2, -0.15) is 0 Å². The van der Waals surface area contributed by atoms with Gasteiger partial charge in [0.1, 0.15) is 5.75 Å². The molecule has 4 heteroatoms. The number of ether oxygens (including phenoxy) is 1. The van der Waals surface area contributed by atoms with Gasteiger partial charge in [-0.15, -0.1) is 0 Å². The first kappa shape index (κ1) is 19.9. The van der Waals surface area contributed by atoms with Crippen LogP contribution in [0.5, 0.6) is 5.75 Å². The number of hydrogen-bond acceptors (Lipinski definition) is 3. The van der Waals surface area contributed by atoms with E-state index in [-0.39, 0.29) is 5.97 Å². The van der Waals surface area contributed by atoms with Gasteiger partial charge in [-0.1, -0.05) is 61.2 Å². The standard InChI is InChI=1S/C11H12O2.C10H10O2/c1-9(11(12)13)7-8-10-5-3-2-4-6-10;1-8(2)10(11)12-9-6-4-3-5-7-9/h2-7H,8H2,1H3,(H,12,13);3-7H,1H2,2H3. The molecule has 0 aliphatic carbocycles. The van der Waals surface area contributed by atoms with E-state index in [2.05, 4.69) is 6.58 Å². The summed E-state index contributed by atoms with van der Waals surface area (Å²) < 4.78 is 4.94. The molecule has 2 aromatic carbocycles. The van der Waals surface area contributed by atoms with Gasteiger partial charge < -0.3 is 9.84 Å². The highest BCUT2D eigenvalue weighted by Gasteiger charge is 2.03. The lowest BCUT2D eigenvalue weighted by Gasteiger charge is -2.01. The van der Waals surface area contributed by atoms with Gasteiger partial charge in [0.15, 0.2) is 0 Å². The number of carboxylic acids is 1. The van der Waals surface area contributed by atoms with Crippen molar-refractivity contribution in [2.45, 2.75) is 20.3 Å². The Kier molecular flexibility index (Phi) is 8.44. The van der Waals surface area contributed by atoms with E-state index >= 15 is 0 Å². The molecule has 4 nitrogen and oxygen atoms in total. The van der Waals surface area contributed by atoms with Crippen molar-refractivity contribution in [3.05, 3.63) is 90.0 Å². The first-order valence-corrected chi connectivity index (χ1v) is 7.77. The molecule has 130 valence electrons. The molecule has 2 rings (SSSR count). The molecule has 0 fully saturated rings. The Morgan fingerprint density at radius 3 is 2.00 bits per heavy atom. The Morgan fingerprint density at radius 1 is 1.00 bits per heavy atom. The summed E-state index contributed by atoms with van der Waals surface area (Å²) in [6.45, 7) is 6.70. The number of allylic oxidation sites excluding steroid dienone is 1. The zero-order valence-electron chi connectivity index (χ0n) is 14.4. The normalized spacial score (nSPS) is 10.2. The summed E-state index contributed by atoms with van der Waals surface area (Å²) in [7, 11) is 0. The first-order valence-electron chi connectivity index (χ1n) is 7.77. The maximum Gasteiger partial charge on any atom is 0.338 e. The number of rotatable bonds is 5. The van der Waals surface area contributed by atoms with E-state index in [1.165, 1.54) is 0 Å². The average molecular weight is 338 g/mol. The first-order chi connectivity index (χ1) is 11.9. The van der Waals surface area contributed by atoms with Crippen LogP contribution in [0.15, 0.2) is 84.5 Å². The van der Waals surface area contributed by atoms with Crippen LogP contribution in [-0.2, 0) is 16.0 Å². The van der Waals surface area contributed by atoms with Crippen molar-refractivity contribution >= 4 is 11.9 Å². The average Bonchev–Trinajstić information content (AvgIpc) is 2.61. The van der Waals surface area contributed by atoms with Crippen LogP contribution in [-0.4, -0.2) is 17.0 Å². The second kappa shape index (κ2) is 10.6. The molecule has 25 heavy (non-hydrogen) atoms.